The molecule has 1 fully saturated rings. The Morgan fingerprint density at radius 1 is 1.50 bits per heavy atom. The first-order chi connectivity index (χ1) is 6.38. The number of urea groups is 1. The summed E-state index contributed by atoms with van der Waals surface area (Å²) in [4.78, 5) is 24.0. The van der Waals surface area contributed by atoms with E-state index in [2.05, 4.69) is 5.32 Å². The second-order valence-electron chi connectivity index (χ2n) is 4.03. The third-order valence-electron chi connectivity index (χ3n) is 2.31. The minimum atomic E-state index is -0.843. The van der Waals surface area contributed by atoms with Crippen molar-refractivity contribution in [3.8, 4) is 0 Å². The van der Waals surface area contributed by atoms with Crippen LogP contribution in [-0.4, -0.2) is 40.1 Å². The number of aliphatic hydroxyl groups is 1. The van der Waals surface area contributed by atoms with E-state index in [1.807, 2.05) is 0 Å². The molecular weight excluding hydrogens is 184 g/mol. The quantitative estimate of drug-likeness (QED) is 0.634. The number of amides is 3. The molecule has 1 unspecified atom stereocenters. The molecule has 5 nitrogen and oxygen atoms in total. The molecule has 0 aromatic rings. The molecule has 0 spiro atoms. The summed E-state index contributed by atoms with van der Waals surface area (Å²) in [6.07, 6.45) is -0.115. The first-order valence-corrected chi connectivity index (χ1v) is 4.70. The van der Waals surface area contributed by atoms with Crippen LogP contribution < -0.4 is 5.32 Å². The van der Waals surface area contributed by atoms with E-state index < -0.39 is 17.7 Å². The van der Waals surface area contributed by atoms with Crippen LogP contribution in [0.5, 0.6) is 0 Å². The van der Waals surface area contributed by atoms with Gasteiger partial charge in [0.2, 0.25) is 0 Å². The van der Waals surface area contributed by atoms with Crippen molar-refractivity contribution in [2.75, 3.05) is 6.54 Å². The molecule has 1 aliphatic rings. The summed E-state index contributed by atoms with van der Waals surface area (Å²) < 4.78 is 0. The van der Waals surface area contributed by atoms with E-state index in [-0.39, 0.29) is 12.5 Å². The summed E-state index contributed by atoms with van der Waals surface area (Å²) in [5.74, 6) is -0.282. The Morgan fingerprint density at radius 2 is 2.07 bits per heavy atom. The number of carbonyl (C=O) groups excluding carboxylic acids is 2. The predicted molar refractivity (Wildman–Crippen MR) is 50.6 cm³/mol. The van der Waals surface area contributed by atoms with Gasteiger partial charge in [0.05, 0.1) is 12.6 Å². The standard InChI is InChI=1S/C9H16N2O3/c1-4-6(12)5-11-7(13)9(2,3)10-8(11)14/h6,12H,4-5H2,1-3H3,(H,10,14). The lowest BCUT2D eigenvalue weighted by atomic mass is 10.1. The van der Waals surface area contributed by atoms with Gasteiger partial charge in [0, 0.05) is 0 Å². The van der Waals surface area contributed by atoms with E-state index in [0.29, 0.717) is 6.42 Å². The highest BCUT2D eigenvalue weighted by atomic mass is 16.3. The number of nitrogens with one attached hydrogen (secondary N) is 1. The van der Waals surface area contributed by atoms with E-state index >= 15 is 0 Å². The van der Waals surface area contributed by atoms with Crippen LogP contribution in [0.3, 0.4) is 0 Å². The maximum Gasteiger partial charge on any atom is 0.325 e. The van der Waals surface area contributed by atoms with Gasteiger partial charge in [-0.15, -0.1) is 0 Å². The van der Waals surface area contributed by atoms with Gasteiger partial charge in [-0.25, -0.2) is 4.79 Å². The Labute approximate surface area is 83.1 Å². The molecule has 0 saturated carbocycles. The smallest absolute Gasteiger partial charge is 0.325 e. The van der Waals surface area contributed by atoms with Crippen LogP contribution in [0.4, 0.5) is 4.79 Å². The molecule has 0 radical (unpaired) electrons. The van der Waals surface area contributed by atoms with Crippen molar-refractivity contribution >= 4 is 11.9 Å². The summed E-state index contributed by atoms with van der Waals surface area (Å²) in [5, 5.41) is 11.9. The van der Waals surface area contributed by atoms with Gasteiger partial charge >= 0.3 is 6.03 Å². The zero-order valence-electron chi connectivity index (χ0n) is 8.70. The number of rotatable bonds is 3. The van der Waals surface area contributed by atoms with Crippen LogP contribution in [-0.2, 0) is 4.79 Å². The number of imide groups is 1. The van der Waals surface area contributed by atoms with Crippen LogP contribution in [0.25, 0.3) is 0 Å². The Morgan fingerprint density at radius 3 is 2.43 bits per heavy atom. The molecule has 5 heteroatoms. The average Bonchev–Trinajstić information content (AvgIpc) is 2.28. The molecule has 3 amide bonds. The number of nitrogens with zero attached hydrogens (tertiary/aromatic N) is 1. The van der Waals surface area contributed by atoms with Crippen LogP contribution in [0.1, 0.15) is 27.2 Å². The van der Waals surface area contributed by atoms with Gasteiger partial charge in [0.25, 0.3) is 5.91 Å². The Bertz CT molecular complexity index is 263. The minimum absolute atomic E-state index is 0.0740. The lowest BCUT2D eigenvalue weighted by Gasteiger charge is -2.18. The molecule has 1 saturated heterocycles. The van der Waals surface area contributed by atoms with Gasteiger partial charge in [-0.1, -0.05) is 6.92 Å². The highest BCUT2D eigenvalue weighted by Crippen LogP contribution is 2.16. The van der Waals surface area contributed by atoms with Crippen molar-refractivity contribution in [2.24, 2.45) is 0 Å². The average molecular weight is 200 g/mol. The zero-order chi connectivity index (χ0) is 10.9. The summed E-state index contributed by atoms with van der Waals surface area (Å²) in [6, 6.07) is -0.424. The monoisotopic (exact) mass is 200 g/mol. The lowest BCUT2D eigenvalue weighted by Crippen LogP contribution is -2.41. The molecule has 0 bridgehead atoms. The second-order valence-corrected chi connectivity index (χ2v) is 4.03. The van der Waals surface area contributed by atoms with Crippen LogP contribution >= 0.6 is 0 Å². The van der Waals surface area contributed by atoms with Crippen molar-refractivity contribution < 1.29 is 14.7 Å². The normalized spacial score (nSPS) is 22.4. The van der Waals surface area contributed by atoms with E-state index in [0.717, 1.165) is 4.90 Å². The van der Waals surface area contributed by atoms with Crippen molar-refractivity contribution in [1.29, 1.82) is 0 Å². The van der Waals surface area contributed by atoms with Gasteiger partial charge < -0.3 is 10.4 Å². The van der Waals surface area contributed by atoms with E-state index in [4.69, 9.17) is 0 Å². The van der Waals surface area contributed by atoms with Crippen molar-refractivity contribution in [3.05, 3.63) is 0 Å². The Hall–Kier alpha value is -1.10. The van der Waals surface area contributed by atoms with Crippen molar-refractivity contribution in [3.63, 3.8) is 0 Å². The van der Waals surface area contributed by atoms with E-state index in [1.165, 1.54) is 0 Å². The molecule has 1 aliphatic heterocycles. The van der Waals surface area contributed by atoms with Gasteiger partial charge in [0.15, 0.2) is 0 Å². The molecule has 1 rings (SSSR count). The Balaban J connectivity index is 2.71. The van der Waals surface area contributed by atoms with Gasteiger partial charge in [-0.2, -0.15) is 0 Å². The topological polar surface area (TPSA) is 69.6 Å². The molecule has 0 aromatic heterocycles. The van der Waals surface area contributed by atoms with Gasteiger partial charge in [0.1, 0.15) is 5.54 Å². The van der Waals surface area contributed by atoms with Crippen LogP contribution in [0.15, 0.2) is 0 Å². The van der Waals surface area contributed by atoms with Crippen molar-refractivity contribution in [1.82, 2.24) is 10.2 Å². The summed E-state index contributed by atoms with van der Waals surface area (Å²) in [7, 11) is 0. The zero-order valence-corrected chi connectivity index (χ0v) is 8.70. The number of β-amino-alcohol motifs (C(OH)–C–C–N with tert-alkyl or cyclic N) is 1. The van der Waals surface area contributed by atoms with Gasteiger partial charge in [-0.05, 0) is 20.3 Å². The number of carbonyl (C=O) groups is 2. The molecule has 0 aromatic carbocycles. The first-order valence-electron chi connectivity index (χ1n) is 4.70. The fraction of sp³-hybridized carbons (Fsp3) is 0.778. The third-order valence-corrected chi connectivity index (χ3v) is 2.31. The predicted octanol–water partition coefficient (Wildman–Crippen LogP) is 0.0877. The van der Waals surface area contributed by atoms with Gasteiger partial charge in [-0.3, -0.25) is 9.69 Å². The molecule has 80 valence electrons. The SMILES string of the molecule is CCC(O)CN1C(=O)NC(C)(C)C1=O. The third kappa shape index (κ3) is 1.87. The fourth-order valence-electron chi connectivity index (χ4n) is 1.32. The molecular formula is C9H16N2O3. The number of hydrogen-bond acceptors (Lipinski definition) is 3. The second kappa shape index (κ2) is 3.57. The van der Waals surface area contributed by atoms with Crippen LogP contribution in [0.2, 0.25) is 0 Å². The molecule has 14 heavy (non-hydrogen) atoms. The number of aliphatic hydroxyl groups excluding tert-OH is 1. The summed E-state index contributed by atoms with van der Waals surface area (Å²) in [6.45, 7) is 5.16. The lowest BCUT2D eigenvalue weighted by molar-refractivity contribution is -0.131. The molecule has 1 heterocycles. The maximum atomic E-state index is 11.6. The molecule has 1 atom stereocenters. The maximum absolute atomic E-state index is 11.6. The van der Waals surface area contributed by atoms with E-state index in [9.17, 15) is 14.7 Å². The summed E-state index contributed by atoms with van der Waals surface area (Å²) in [5.41, 5.74) is -0.843. The number of hydrogen-bond donors (Lipinski definition) is 2. The fourth-order valence-corrected chi connectivity index (χ4v) is 1.32. The highest BCUT2D eigenvalue weighted by molar-refractivity contribution is 6.06. The van der Waals surface area contributed by atoms with Crippen molar-refractivity contribution in [2.45, 2.75) is 38.8 Å². The first kappa shape index (κ1) is 11.0. The Kier molecular flexibility index (Phi) is 2.80. The summed E-state index contributed by atoms with van der Waals surface area (Å²) >= 11 is 0. The minimum Gasteiger partial charge on any atom is -0.391 e. The highest BCUT2D eigenvalue weighted by Gasteiger charge is 2.44. The molecule has 0 aliphatic carbocycles. The largest absolute Gasteiger partial charge is 0.391 e. The van der Waals surface area contributed by atoms with Crippen LogP contribution in [0, 0.1) is 0 Å². The molecule has 2 N–H and O–H groups in total. The van der Waals surface area contributed by atoms with E-state index in [1.54, 1.807) is 20.8 Å².